The van der Waals surface area contributed by atoms with Crippen LogP contribution in [0.3, 0.4) is 0 Å². The molecule has 110 valence electrons. The lowest BCUT2D eigenvalue weighted by molar-refractivity contribution is -0.908. The summed E-state index contributed by atoms with van der Waals surface area (Å²) in [4.78, 5) is 13.1. The number of nitrogens with two attached hydrogens (primary N) is 2. The number of fused-ring (bicyclic) bond motifs is 1. The minimum absolute atomic E-state index is 0.147. The summed E-state index contributed by atoms with van der Waals surface area (Å²) in [6, 6.07) is 5.93. The fraction of sp³-hybridized carbons (Fsp3) is 0.308. The molecule has 3 rings (SSSR count). The third-order valence-corrected chi connectivity index (χ3v) is 3.12. The molecule has 0 radical (unpaired) electrons. The van der Waals surface area contributed by atoms with Crippen LogP contribution in [0.2, 0.25) is 0 Å². The molecule has 1 aromatic heterocycles. The van der Waals surface area contributed by atoms with Crippen LogP contribution in [0.15, 0.2) is 18.2 Å². The average molecular weight is 289 g/mol. The minimum atomic E-state index is 0.147. The van der Waals surface area contributed by atoms with Gasteiger partial charge in [0, 0.05) is 5.56 Å². The zero-order chi connectivity index (χ0) is 14.8. The van der Waals surface area contributed by atoms with E-state index in [9.17, 15) is 0 Å². The number of nitrogens with one attached hydrogen (secondary N) is 1. The van der Waals surface area contributed by atoms with Gasteiger partial charge in [0.15, 0.2) is 17.3 Å². The predicted octanol–water partition coefficient (Wildman–Crippen LogP) is -1.02. The van der Waals surface area contributed by atoms with Gasteiger partial charge in [-0.25, -0.2) is 0 Å². The molecule has 21 heavy (non-hydrogen) atoms. The normalized spacial score (nSPS) is 14.1. The van der Waals surface area contributed by atoms with E-state index in [0.29, 0.717) is 12.4 Å². The zero-order valence-electron chi connectivity index (χ0n) is 11.7. The highest BCUT2D eigenvalue weighted by molar-refractivity contribution is 5.44. The topological polar surface area (TPSA) is 114 Å². The molecule has 0 amide bonds. The molecule has 1 atom stereocenters. The molecule has 0 fully saturated rings. The monoisotopic (exact) mass is 289 g/mol. The van der Waals surface area contributed by atoms with Crippen LogP contribution >= 0.6 is 0 Å². The summed E-state index contributed by atoms with van der Waals surface area (Å²) < 4.78 is 10.7. The molecule has 5 N–H and O–H groups in total. The number of hydrogen-bond donors (Lipinski definition) is 3. The number of hydrogen-bond acceptors (Lipinski definition) is 7. The van der Waals surface area contributed by atoms with Crippen LogP contribution in [0.4, 0.5) is 11.9 Å². The standard InChI is InChI=1S/C13H16N6O2/c1-19(6-11-16-12(14)18-13(15)17-11)5-8-2-3-9-10(4-8)21-7-20-9/h2-4H,5-7H2,1H3,(H4,14,15,16,17,18)/p+1. The Kier molecular flexibility index (Phi) is 3.44. The lowest BCUT2D eigenvalue weighted by Gasteiger charge is -2.13. The zero-order valence-corrected chi connectivity index (χ0v) is 11.7. The van der Waals surface area contributed by atoms with Gasteiger partial charge in [-0.2, -0.15) is 15.0 Å². The highest BCUT2D eigenvalue weighted by atomic mass is 16.7. The summed E-state index contributed by atoms with van der Waals surface area (Å²) in [5.41, 5.74) is 12.3. The number of anilines is 2. The number of benzene rings is 1. The molecule has 0 aliphatic carbocycles. The molecular weight excluding hydrogens is 272 g/mol. The molecule has 1 unspecified atom stereocenters. The van der Waals surface area contributed by atoms with Gasteiger partial charge in [-0.1, -0.05) is 0 Å². The maximum absolute atomic E-state index is 5.57. The molecular formula is C13H17N6O2+. The molecule has 0 saturated carbocycles. The predicted molar refractivity (Wildman–Crippen MR) is 75.5 cm³/mol. The highest BCUT2D eigenvalue weighted by Crippen LogP contribution is 2.32. The Labute approximate surface area is 121 Å². The Hall–Kier alpha value is -2.61. The van der Waals surface area contributed by atoms with Crippen molar-refractivity contribution in [3.05, 3.63) is 29.6 Å². The van der Waals surface area contributed by atoms with E-state index < -0.39 is 0 Å². The van der Waals surface area contributed by atoms with E-state index in [1.807, 2.05) is 25.2 Å². The lowest BCUT2D eigenvalue weighted by Crippen LogP contribution is -3.06. The van der Waals surface area contributed by atoms with Crippen molar-refractivity contribution >= 4 is 11.9 Å². The highest BCUT2D eigenvalue weighted by Gasteiger charge is 2.15. The van der Waals surface area contributed by atoms with Gasteiger partial charge in [0.05, 0.1) is 7.05 Å². The molecule has 0 saturated heterocycles. The smallest absolute Gasteiger partial charge is 0.231 e. The van der Waals surface area contributed by atoms with Gasteiger partial charge in [0.25, 0.3) is 0 Å². The van der Waals surface area contributed by atoms with E-state index in [1.54, 1.807) is 0 Å². The summed E-state index contributed by atoms with van der Waals surface area (Å²) in [5.74, 6) is 2.45. The SMILES string of the molecule is C[NH+](Cc1ccc2c(c1)OCO2)Cc1nc(N)nc(N)n1. The van der Waals surface area contributed by atoms with Gasteiger partial charge in [-0.15, -0.1) is 0 Å². The van der Waals surface area contributed by atoms with E-state index in [1.165, 1.54) is 4.90 Å². The molecule has 8 nitrogen and oxygen atoms in total. The second-order valence-electron chi connectivity index (χ2n) is 4.97. The van der Waals surface area contributed by atoms with E-state index >= 15 is 0 Å². The maximum Gasteiger partial charge on any atom is 0.231 e. The first-order chi connectivity index (χ1) is 10.1. The molecule has 1 aliphatic heterocycles. The van der Waals surface area contributed by atoms with Crippen molar-refractivity contribution in [3.8, 4) is 11.5 Å². The fourth-order valence-electron chi connectivity index (χ4n) is 2.27. The van der Waals surface area contributed by atoms with E-state index in [-0.39, 0.29) is 18.7 Å². The van der Waals surface area contributed by atoms with Crippen LogP contribution < -0.4 is 25.8 Å². The Morgan fingerprint density at radius 1 is 1.05 bits per heavy atom. The van der Waals surface area contributed by atoms with Gasteiger partial charge in [-0.3, -0.25) is 0 Å². The number of quaternary nitrogens is 1. The summed E-state index contributed by atoms with van der Waals surface area (Å²) in [6.07, 6.45) is 0. The summed E-state index contributed by atoms with van der Waals surface area (Å²) in [7, 11) is 2.04. The van der Waals surface area contributed by atoms with Crippen LogP contribution in [0.1, 0.15) is 11.4 Å². The first-order valence-electron chi connectivity index (χ1n) is 6.56. The van der Waals surface area contributed by atoms with Gasteiger partial charge < -0.3 is 25.8 Å². The molecule has 2 aromatic rings. The van der Waals surface area contributed by atoms with Crippen molar-refractivity contribution < 1.29 is 14.4 Å². The average Bonchev–Trinajstić information content (AvgIpc) is 2.84. The Bertz CT molecular complexity index is 643. The van der Waals surface area contributed by atoms with Crippen molar-refractivity contribution in [1.82, 2.24) is 15.0 Å². The number of nitrogen functional groups attached to an aromatic ring is 2. The Balaban J connectivity index is 1.67. The molecule has 1 aromatic carbocycles. The minimum Gasteiger partial charge on any atom is -0.454 e. The van der Waals surface area contributed by atoms with Crippen molar-refractivity contribution in [3.63, 3.8) is 0 Å². The van der Waals surface area contributed by atoms with Crippen LogP contribution in [0, 0.1) is 0 Å². The third-order valence-electron chi connectivity index (χ3n) is 3.12. The summed E-state index contributed by atoms with van der Waals surface area (Å²) >= 11 is 0. The second-order valence-corrected chi connectivity index (χ2v) is 4.97. The summed E-state index contributed by atoms with van der Waals surface area (Å²) in [5, 5.41) is 0. The van der Waals surface area contributed by atoms with Crippen LogP contribution in [-0.4, -0.2) is 28.8 Å². The number of nitrogens with zero attached hydrogens (tertiary/aromatic N) is 3. The van der Waals surface area contributed by atoms with Gasteiger partial charge in [0.2, 0.25) is 18.7 Å². The van der Waals surface area contributed by atoms with Gasteiger partial charge >= 0.3 is 0 Å². The first-order valence-corrected chi connectivity index (χ1v) is 6.56. The number of ether oxygens (including phenoxy) is 2. The van der Waals surface area contributed by atoms with Crippen molar-refractivity contribution in [2.75, 3.05) is 25.3 Å². The first kappa shape index (κ1) is 13.4. The third kappa shape index (κ3) is 3.11. The maximum atomic E-state index is 5.57. The summed E-state index contributed by atoms with van der Waals surface area (Å²) in [6.45, 7) is 1.68. The molecule has 2 heterocycles. The lowest BCUT2D eigenvalue weighted by atomic mass is 10.2. The van der Waals surface area contributed by atoms with Crippen molar-refractivity contribution in [2.24, 2.45) is 0 Å². The molecule has 1 aliphatic rings. The molecule has 8 heteroatoms. The van der Waals surface area contributed by atoms with Crippen molar-refractivity contribution in [2.45, 2.75) is 13.1 Å². The number of aromatic nitrogens is 3. The largest absolute Gasteiger partial charge is 0.454 e. The second kappa shape index (κ2) is 5.41. The Morgan fingerprint density at radius 2 is 1.76 bits per heavy atom. The van der Waals surface area contributed by atoms with E-state index in [0.717, 1.165) is 23.6 Å². The molecule has 0 bridgehead atoms. The van der Waals surface area contributed by atoms with Crippen LogP contribution in [-0.2, 0) is 13.1 Å². The Morgan fingerprint density at radius 3 is 2.52 bits per heavy atom. The quantitative estimate of drug-likeness (QED) is 0.660. The van der Waals surface area contributed by atoms with Crippen LogP contribution in [0.25, 0.3) is 0 Å². The van der Waals surface area contributed by atoms with E-state index in [4.69, 9.17) is 20.9 Å². The van der Waals surface area contributed by atoms with Gasteiger partial charge in [0.1, 0.15) is 13.1 Å². The number of rotatable bonds is 4. The molecule has 0 spiro atoms. The van der Waals surface area contributed by atoms with Gasteiger partial charge in [-0.05, 0) is 18.2 Å². The van der Waals surface area contributed by atoms with E-state index in [2.05, 4.69) is 15.0 Å². The van der Waals surface area contributed by atoms with Crippen molar-refractivity contribution in [1.29, 1.82) is 0 Å². The van der Waals surface area contributed by atoms with Crippen LogP contribution in [0.5, 0.6) is 11.5 Å². The fourth-order valence-corrected chi connectivity index (χ4v) is 2.27.